The molecular weight excluding hydrogens is 490 g/mol. The smallest absolute Gasteiger partial charge is 0.416 e. The molecule has 7 nitrogen and oxygen atoms in total. The summed E-state index contributed by atoms with van der Waals surface area (Å²) in [7, 11) is 0. The quantitative estimate of drug-likeness (QED) is 0.374. The summed E-state index contributed by atoms with van der Waals surface area (Å²) in [6.45, 7) is 0.205. The number of anilines is 4. The summed E-state index contributed by atoms with van der Waals surface area (Å²) in [5.41, 5.74) is 5.76. The van der Waals surface area contributed by atoms with Crippen LogP contribution in [0.15, 0.2) is 94.5 Å². The molecule has 2 amide bonds. The van der Waals surface area contributed by atoms with Crippen molar-refractivity contribution in [2.24, 2.45) is 10.7 Å². The van der Waals surface area contributed by atoms with Crippen LogP contribution >= 0.6 is 0 Å². The van der Waals surface area contributed by atoms with Crippen molar-refractivity contribution in [3.05, 3.63) is 107 Å². The lowest BCUT2D eigenvalue weighted by Gasteiger charge is -2.29. The zero-order chi connectivity index (χ0) is 26.2. The van der Waals surface area contributed by atoms with Crippen LogP contribution < -0.4 is 31.6 Å². The first-order chi connectivity index (χ1) is 17.7. The van der Waals surface area contributed by atoms with Crippen LogP contribution in [-0.4, -0.2) is 12.7 Å². The van der Waals surface area contributed by atoms with E-state index >= 15 is 0 Å². The van der Waals surface area contributed by atoms with Gasteiger partial charge >= 0.3 is 12.2 Å². The Hall–Kier alpha value is -4.80. The SMILES string of the molecule is NC(=O)N(c1ccc(N2CN=c3occc3=C2Nc2ccccc2)cc1)c1cc(C(F)(F)F)ccc1F. The minimum atomic E-state index is -4.72. The van der Waals surface area contributed by atoms with Crippen molar-refractivity contribution >= 4 is 34.6 Å². The molecule has 0 fully saturated rings. The lowest BCUT2D eigenvalue weighted by Crippen LogP contribution is -2.41. The maximum absolute atomic E-state index is 14.5. The van der Waals surface area contributed by atoms with Crippen LogP contribution in [-0.2, 0) is 6.18 Å². The lowest BCUT2D eigenvalue weighted by molar-refractivity contribution is -0.137. The Morgan fingerprint density at radius 1 is 1.03 bits per heavy atom. The molecule has 1 aromatic heterocycles. The standard InChI is InChI=1S/C26H19F4N5O2/c27-21-11-6-16(26(28,29)30)14-22(21)35(25(31)36)19-9-7-18(8-10-19)34-15-32-24-20(12-13-37-24)23(34)33-17-4-2-1-3-5-17/h1-14,33H,15H2,(H2,31,36). The number of halogens is 4. The third-order valence-electron chi connectivity index (χ3n) is 5.72. The number of benzene rings is 3. The number of amides is 2. The molecule has 188 valence electrons. The minimum absolute atomic E-state index is 0.0880. The van der Waals surface area contributed by atoms with Gasteiger partial charge in [0.2, 0.25) is 5.55 Å². The number of hydrogen-bond donors (Lipinski definition) is 2. The van der Waals surface area contributed by atoms with Gasteiger partial charge in [-0.05, 0) is 60.7 Å². The van der Waals surface area contributed by atoms with Crippen molar-refractivity contribution in [3.8, 4) is 0 Å². The summed E-state index contributed by atoms with van der Waals surface area (Å²) in [6.07, 6.45) is -3.20. The number of fused-ring (bicyclic) bond motifs is 1. The number of nitrogens with one attached hydrogen (secondary N) is 1. The Bertz CT molecular complexity index is 1570. The number of para-hydroxylation sites is 1. The molecule has 0 radical (unpaired) electrons. The number of furan rings is 1. The fourth-order valence-electron chi connectivity index (χ4n) is 3.99. The minimum Gasteiger partial charge on any atom is -0.446 e. The molecule has 1 aliphatic rings. The second-order valence-corrected chi connectivity index (χ2v) is 8.06. The van der Waals surface area contributed by atoms with Crippen LogP contribution in [0.25, 0.3) is 5.82 Å². The highest BCUT2D eigenvalue weighted by molar-refractivity contribution is 5.99. The van der Waals surface area contributed by atoms with Crippen molar-refractivity contribution in [3.63, 3.8) is 0 Å². The Morgan fingerprint density at radius 2 is 1.76 bits per heavy atom. The molecule has 3 N–H and O–H groups in total. The number of nitrogens with two attached hydrogens (primary N) is 1. The van der Waals surface area contributed by atoms with Crippen LogP contribution in [0.5, 0.6) is 0 Å². The number of primary amides is 1. The van der Waals surface area contributed by atoms with Gasteiger partial charge in [-0.1, -0.05) is 18.2 Å². The zero-order valence-electron chi connectivity index (χ0n) is 19.0. The molecule has 37 heavy (non-hydrogen) atoms. The third kappa shape index (κ3) is 4.70. The molecule has 5 rings (SSSR count). The predicted molar refractivity (Wildman–Crippen MR) is 130 cm³/mol. The van der Waals surface area contributed by atoms with Gasteiger partial charge < -0.3 is 20.4 Å². The topological polar surface area (TPSA) is 87.1 Å². The molecular formula is C26H19F4N5O2. The Kier molecular flexibility index (Phi) is 6.04. The van der Waals surface area contributed by atoms with E-state index in [-0.39, 0.29) is 12.4 Å². The van der Waals surface area contributed by atoms with E-state index < -0.39 is 29.3 Å². The Labute approximate surface area is 207 Å². The fourth-order valence-corrected chi connectivity index (χ4v) is 3.99. The fraction of sp³-hybridized carbons (Fsp3) is 0.0769. The molecule has 11 heteroatoms. The Balaban J connectivity index is 1.52. The highest BCUT2D eigenvalue weighted by Crippen LogP contribution is 2.36. The first-order valence-electron chi connectivity index (χ1n) is 11.0. The van der Waals surface area contributed by atoms with E-state index in [0.29, 0.717) is 40.2 Å². The zero-order valence-corrected chi connectivity index (χ0v) is 19.0. The van der Waals surface area contributed by atoms with E-state index in [0.717, 1.165) is 10.9 Å². The molecule has 0 unspecified atom stereocenters. The van der Waals surface area contributed by atoms with E-state index in [9.17, 15) is 22.4 Å². The van der Waals surface area contributed by atoms with E-state index in [1.807, 2.05) is 35.2 Å². The van der Waals surface area contributed by atoms with Gasteiger partial charge in [-0.3, -0.25) is 4.90 Å². The second-order valence-electron chi connectivity index (χ2n) is 8.06. The number of carbonyl (C=O) groups excluding carboxylic acids is 1. The van der Waals surface area contributed by atoms with Crippen LogP contribution in [0, 0.1) is 5.82 Å². The summed E-state index contributed by atoms with van der Waals surface area (Å²) in [5, 5.41) is 4.09. The van der Waals surface area contributed by atoms with Crippen LogP contribution in [0.2, 0.25) is 0 Å². The van der Waals surface area contributed by atoms with Crippen LogP contribution in [0.4, 0.5) is 45.1 Å². The van der Waals surface area contributed by atoms with E-state index in [1.165, 1.54) is 18.4 Å². The molecule has 4 aromatic rings. The highest BCUT2D eigenvalue weighted by Gasteiger charge is 2.32. The normalized spacial score (nSPS) is 13.1. The first-order valence-corrected chi connectivity index (χ1v) is 11.0. The van der Waals surface area contributed by atoms with Crippen molar-refractivity contribution in [1.82, 2.24) is 0 Å². The highest BCUT2D eigenvalue weighted by atomic mass is 19.4. The van der Waals surface area contributed by atoms with Crippen LogP contribution in [0.1, 0.15) is 5.56 Å². The maximum atomic E-state index is 14.5. The molecule has 1 aliphatic heterocycles. The molecule has 0 atom stereocenters. The van der Waals surface area contributed by atoms with E-state index in [1.54, 1.807) is 18.2 Å². The molecule has 0 bridgehead atoms. The van der Waals surface area contributed by atoms with Gasteiger partial charge in [0.25, 0.3) is 0 Å². The van der Waals surface area contributed by atoms with E-state index in [4.69, 9.17) is 10.2 Å². The van der Waals surface area contributed by atoms with E-state index in [2.05, 4.69) is 10.3 Å². The average molecular weight is 509 g/mol. The summed E-state index contributed by atoms with van der Waals surface area (Å²) in [5.74, 6) is -0.339. The molecule has 2 heterocycles. The third-order valence-corrected chi connectivity index (χ3v) is 5.72. The van der Waals surface area contributed by atoms with Crippen molar-refractivity contribution in [1.29, 1.82) is 0 Å². The predicted octanol–water partition coefficient (Wildman–Crippen LogP) is 4.93. The summed E-state index contributed by atoms with van der Waals surface area (Å²) < 4.78 is 59.6. The maximum Gasteiger partial charge on any atom is 0.416 e. The molecule has 0 saturated carbocycles. The largest absolute Gasteiger partial charge is 0.446 e. The average Bonchev–Trinajstić information content (AvgIpc) is 3.35. The van der Waals surface area contributed by atoms with Gasteiger partial charge in [-0.25, -0.2) is 14.2 Å². The molecule has 0 spiro atoms. The molecule has 3 aromatic carbocycles. The van der Waals surface area contributed by atoms with Gasteiger partial charge in [0.05, 0.1) is 28.4 Å². The first kappa shape index (κ1) is 23.9. The molecule has 0 aliphatic carbocycles. The number of carbonyl (C=O) groups is 1. The van der Waals surface area contributed by atoms with Gasteiger partial charge in [0.15, 0.2) is 0 Å². The number of rotatable bonds is 5. The summed E-state index contributed by atoms with van der Waals surface area (Å²) >= 11 is 0. The van der Waals surface area contributed by atoms with Crippen LogP contribution in [0.3, 0.4) is 0 Å². The molecule has 0 saturated heterocycles. The number of hydrogen-bond acceptors (Lipinski definition) is 5. The number of urea groups is 1. The van der Waals surface area contributed by atoms with Crippen molar-refractivity contribution < 1.29 is 26.8 Å². The summed E-state index contributed by atoms with van der Waals surface area (Å²) in [6, 6.07) is 18.1. The lowest BCUT2D eigenvalue weighted by atomic mass is 10.1. The summed E-state index contributed by atoms with van der Waals surface area (Å²) in [4.78, 5) is 19.2. The second kappa shape index (κ2) is 9.34. The van der Waals surface area contributed by atoms with Gasteiger partial charge in [-0.2, -0.15) is 13.2 Å². The van der Waals surface area contributed by atoms with Crippen molar-refractivity contribution in [2.45, 2.75) is 6.18 Å². The Morgan fingerprint density at radius 3 is 2.43 bits per heavy atom. The monoisotopic (exact) mass is 509 g/mol. The van der Waals surface area contributed by atoms with Gasteiger partial charge in [0.1, 0.15) is 18.3 Å². The number of alkyl halides is 3. The van der Waals surface area contributed by atoms with Crippen molar-refractivity contribution in [2.75, 3.05) is 21.8 Å². The number of nitrogens with zero attached hydrogens (tertiary/aromatic N) is 3. The van der Waals surface area contributed by atoms with Gasteiger partial charge in [0, 0.05) is 11.4 Å². The van der Waals surface area contributed by atoms with Gasteiger partial charge in [-0.15, -0.1) is 0 Å².